The second-order valence-electron chi connectivity index (χ2n) is 2.35. The van der Waals surface area contributed by atoms with Crippen molar-refractivity contribution >= 4 is 0 Å². The molecule has 2 nitrogen and oxygen atoms in total. The van der Waals surface area contributed by atoms with Crippen LogP contribution in [0.25, 0.3) is 0 Å². The number of ether oxygens (including phenoxy) is 1. The van der Waals surface area contributed by atoms with Crippen molar-refractivity contribution in [3.63, 3.8) is 0 Å². The molecule has 54 valence electrons. The summed E-state index contributed by atoms with van der Waals surface area (Å²) in [6.07, 6.45) is 1.04. The summed E-state index contributed by atoms with van der Waals surface area (Å²) >= 11 is 0. The number of nitrogens with one attached hydrogen (secondary N) is 1. The smallest absolute Gasteiger partial charge is 0.105 e. The lowest BCUT2D eigenvalue weighted by molar-refractivity contribution is 0.116. The summed E-state index contributed by atoms with van der Waals surface area (Å²) in [6, 6.07) is 0.0370. The zero-order chi connectivity index (χ0) is 6.69. The van der Waals surface area contributed by atoms with Gasteiger partial charge in [-0.2, -0.15) is 0 Å². The molecule has 3 heteroatoms. The maximum absolute atomic E-state index is 11.9. The molecule has 1 heterocycles. The number of hydrogen-bond acceptors (Lipinski definition) is 2. The molecule has 1 unspecified atom stereocenters. The van der Waals surface area contributed by atoms with E-state index in [4.69, 9.17) is 4.74 Å². The third-order valence-corrected chi connectivity index (χ3v) is 1.70. The van der Waals surface area contributed by atoms with E-state index in [1.54, 1.807) is 7.11 Å². The van der Waals surface area contributed by atoms with Crippen molar-refractivity contribution in [2.24, 2.45) is 0 Å². The molecule has 2 atom stereocenters. The summed E-state index contributed by atoms with van der Waals surface area (Å²) < 4.78 is 16.9. The summed E-state index contributed by atoms with van der Waals surface area (Å²) in [6.45, 7) is 0.519. The van der Waals surface area contributed by atoms with E-state index in [9.17, 15) is 4.39 Å². The van der Waals surface area contributed by atoms with Gasteiger partial charge in [0.1, 0.15) is 6.67 Å². The molecule has 0 aromatic rings. The Labute approximate surface area is 54.4 Å². The predicted octanol–water partition coefficient (Wildman–Crippen LogP) is 0.333. The van der Waals surface area contributed by atoms with Crippen molar-refractivity contribution in [2.75, 3.05) is 20.3 Å². The van der Waals surface area contributed by atoms with E-state index in [0.29, 0.717) is 0 Å². The van der Waals surface area contributed by atoms with Gasteiger partial charge in [0, 0.05) is 19.7 Å². The molecule has 0 saturated carbocycles. The number of alkyl halides is 1. The molecule has 1 fully saturated rings. The molecule has 0 aromatic heterocycles. The normalized spacial score (nSPS) is 35.3. The van der Waals surface area contributed by atoms with Crippen molar-refractivity contribution in [3.05, 3.63) is 0 Å². The van der Waals surface area contributed by atoms with Gasteiger partial charge in [0.05, 0.1) is 6.10 Å². The average molecular weight is 133 g/mol. The third kappa shape index (κ3) is 1.63. The van der Waals surface area contributed by atoms with Gasteiger partial charge in [0.25, 0.3) is 0 Å². The summed E-state index contributed by atoms with van der Waals surface area (Å²) in [4.78, 5) is 0. The Balaban J connectivity index is 2.20. The minimum absolute atomic E-state index is 0.0370. The quantitative estimate of drug-likeness (QED) is 0.586. The average Bonchev–Trinajstić information content (AvgIpc) is 2.34. The van der Waals surface area contributed by atoms with E-state index < -0.39 is 0 Å². The highest BCUT2D eigenvalue weighted by Crippen LogP contribution is 2.08. The van der Waals surface area contributed by atoms with E-state index in [1.165, 1.54) is 0 Å². The lowest BCUT2D eigenvalue weighted by Crippen LogP contribution is -2.23. The zero-order valence-electron chi connectivity index (χ0n) is 5.56. The van der Waals surface area contributed by atoms with Crippen LogP contribution in [-0.2, 0) is 4.74 Å². The van der Waals surface area contributed by atoms with Gasteiger partial charge in [0.15, 0.2) is 0 Å². The molecule has 1 aliphatic rings. The Morgan fingerprint density at radius 3 is 2.89 bits per heavy atom. The van der Waals surface area contributed by atoms with Gasteiger partial charge in [-0.15, -0.1) is 0 Å². The highest BCUT2D eigenvalue weighted by Gasteiger charge is 2.22. The molecular weight excluding hydrogens is 121 g/mol. The van der Waals surface area contributed by atoms with E-state index in [0.717, 1.165) is 13.0 Å². The monoisotopic (exact) mass is 133 g/mol. The van der Waals surface area contributed by atoms with Crippen molar-refractivity contribution < 1.29 is 9.13 Å². The Morgan fingerprint density at radius 1 is 1.78 bits per heavy atom. The first-order valence-corrected chi connectivity index (χ1v) is 3.19. The molecule has 0 amide bonds. The molecule has 0 aliphatic carbocycles. The van der Waals surface area contributed by atoms with Crippen LogP contribution in [-0.4, -0.2) is 32.5 Å². The van der Waals surface area contributed by atoms with Crippen LogP contribution in [0.2, 0.25) is 0 Å². The molecule has 1 rings (SSSR count). The minimum Gasteiger partial charge on any atom is -0.380 e. The van der Waals surface area contributed by atoms with Gasteiger partial charge < -0.3 is 10.1 Å². The molecule has 0 aromatic carbocycles. The van der Waals surface area contributed by atoms with Crippen LogP contribution in [0.4, 0.5) is 4.39 Å². The molecular formula is C6H12FNO. The van der Waals surface area contributed by atoms with E-state index in [1.807, 2.05) is 0 Å². The minimum atomic E-state index is -0.278. The van der Waals surface area contributed by atoms with Crippen LogP contribution in [0.15, 0.2) is 0 Å². The Morgan fingerprint density at radius 2 is 2.56 bits per heavy atom. The molecule has 9 heavy (non-hydrogen) atoms. The van der Waals surface area contributed by atoms with Crippen molar-refractivity contribution in [1.29, 1.82) is 0 Å². The fraction of sp³-hybridized carbons (Fsp3) is 1.00. The Bertz CT molecular complexity index is 79.1. The van der Waals surface area contributed by atoms with Crippen molar-refractivity contribution in [2.45, 2.75) is 18.6 Å². The maximum atomic E-state index is 11.9. The lowest BCUT2D eigenvalue weighted by Gasteiger charge is -2.03. The first-order chi connectivity index (χ1) is 4.36. The first kappa shape index (κ1) is 6.96. The number of halogens is 1. The third-order valence-electron chi connectivity index (χ3n) is 1.70. The van der Waals surface area contributed by atoms with Gasteiger partial charge in [-0.05, 0) is 6.42 Å². The number of hydrogen-bond donors (Lipinski definition) is 1. The predicted molar refractivity (Wildman–Crippen MR) is 33.2 cm³/mol. The van der Waals surface area contributed by atoms with Crippen LogP contribution in [0.5, 0.6) is 0 Å². The van der Waals surface area contributed by atoms with Gasteiger partial charge in [-0.1, -0.05) is 0 Å². The second-order valence-corrected chi connectivity index (χ2v) is 2.35. The van der Waals surface area contributed by atoms with Crippen LogP contribution in [0.3, 0.4) is 0 Å². The summed E-state index contributed by atoms with van der Waals surface area (Å²) in [5.41, 5.74) is 0. The van der Waals surface area contributed by atoms with Crippen LogP contribution < -0.4 is 5.32 Å². The number of rotatable bonds is 2. The highest BCUT2D eigenvalue weighted by molar-refractivity contribution is 4.81. The van der Waals surface area contributed by atoms with E-state index >= 15 is 0 Å². The van der Waals surface area contributed by atoms with Gasteiger partial charge >= 0.3 is 0 Å². The molecule has 0 radical (unpaired) electrons. The molecule has 1 aliphatic heterocycles. The van der Waals surface area contributed by atoms with Crippen molar-refractivity contribution in [1.82, 2.24) is 5.32 Å². The fourth-order valence-corrected chi connectivity index (χ4v) is 1.08. The van der Waals surface area contributed by atoms with E-state index in [-0.39, 0.29) is 18.8 Å². The maximum Gasteiger partial charge on any atom is 0.105 e. The standard InChI is InChI=1S/C6H12FNO/c1-9-6-2-5(3-7)8-4-6/h5-6,8H,2-4H2,1H3/t5?,6-/m1/s1. The Hall–Kier alpha value is -0.150. The summed E-state index contributed by atoms with van der Waals surface area (Å²) in [5, 5.41) is 3.01. The molecule has 1 saturated heterocycles. The molecule has 0 spiro atoms. The molecule has 1 N–H and O–H groups in total. The first-order valence-electron chi connectivity index (χ1n) is 3.19. The largest absolute Gasteiger partial charge is 0.380 e. The highest BCUT2D eigenvalue weighted by atomic mass is 19.1. The number of methoxy groups -OCH3 is 1. The van der Waals surface area contributed by atoms with Gasteiger partial charge in [-0.25, -0.2) is 4.39 Å². The second kappa shape index (κ2) is 3.13. The summed E-state index contributed by atoms with van der Waals surface area (Å²) in [5.74, 6) is 0. The van der Waals surface area contributed by atoms with Gasteiger partial charge in [0.2, 0.25) is 0 Å². The van der Waals surface area contributed by atoms with E-state index in [2.05, 4.69) is 5.32 Å². The topological polar surface area (TPSA) is 21.3 Å². The zero-order valence-corrected chi connectivity index (χ0v) is 5.56. The Kier molecular flexibility index (Phi) is 2.42. The molecule has 0 bridgehead atoms. The fourth-order valence-electron chi connectivity index (χ4n) is 1.08. The van der Waals surface area contributed by atoms with Crippen LogP contribution in [0, 0.1) is 0 Å². The SMILES string of the molecule is CO[C@H]1CNC(CF)C1. The lowest BCUT2D eigenvalue weighted by atomic mass is 10.2. The van der Waals surface area contributed by atoms with Gasteiger partial charge in [-0.3, -0.25) is 0 Å². The van der Waals surface area contributed by atoms with Crippen LogP contribution in [0.1, 0.15) is 6.42 Å². The summed E-state index contributed by atoms with van der Waals surface area (Å²) in [7, 11) is 1.66. The van der Waals surface area contributed by atoms with Crippen molar-refractivity contribution in [3.8, 4) is 0 Å². The van der Waals surface area contributed by atoms with Crippen LogP contribution >= 0.6 is 0 Å².